The third-order valence-corrected chi connectivity index (χ3v) is 5.07. The van der Waals surface area contributed by atoms with Gasteiger partial charge in [0.1, 0.15) is 16.9 Å². The van der Waals surface area contributed by atoms with Crippen LogP contribution in [0.2, 0.25) is 5.02 Å². The second-order valence-corrected chi connectivity index (χ2v) is 6.55. The number of benzene rings is 2. The van der Waals surface area contributed by atoms with Crippen molar-refractivity contribution in [1.82, 2.24) is 15.0 Å². The van der Waals surface area contributed by atoms with Crippen LogP contribution in [0, 0.1) is 6.92 Å². The van der Waals surface area contributed by atoms with Gasteiger partial charge in [0.25, 0.3) is 0 Å². The number of fused-ring (bicyclic) bond motifs is 3. The first-order valence-corrected chi connectivity index (χ1v) is 8.07. The van der Waals surface area contributed by atoms with Gasteiger partial charge in [-0.3, -0.25) is 0 Å². The smallest absolute Gasteiger partial charge is 0.128 e. The maximum atomic E-state index is 6.25. The van der Waals surface area contributed by atoms with E-state index in [0.29, 0.717) is 0 Å². The number of rotatable bonds is 2. The molecule has 0 saturated heterocycles. The Bertz CT molecular complexity index is 994. The topological polar surface area (TPSA) is 41.6 Å². The Morgan fingerprint density at radius 1 is 1.09 bits per heavy atom. The van der Waals surface area contributed by atoms with Crippen LogP contribution in [0.4, 0.5) is 0 Å². The van der Waals surface area contributed by atoms with E-state index < -0.39 is 0 Å². The largest absolute Gasteiger partial charge is 0.351 e. The van der Waals surface area contributed by atoms with Crippen LogP contribution in [0.3, 0.4) is 0 Å². The predicted molar refractivity (Wildman–Crippen MR) is 91.7 cm³/mol. The van der Waals surface area contributed by atoms with Crippen LogP contribution in [-0.4, -0.2) is 15.0 Å². The molecule has 0 spiro atoms. The summed E-state index contributed by atoms with van der Waals surface area (Å²) in [5, 5.41) is 2.73. The van der Waals surface area contributed by atoms with E-state index in [2.05, 4.69) is 40.1 Å². The second-order valence-electron chi connectivity index (χ2n) is 5.11. The molecule has 0 aliphatic carbocycles. The highest BCUT2D eigenvalue weighted by molar-refractivity contribution is 7.99. The molecule has 2 aromatic carbocycles. The van der Waals surface area contributed by atoms with E-state index in [1.165, 1.54) is 5.56 Å². The molecular formula is C17H12ClN3S. The number of H-pyrrole nitrogens is 1. The first kappa shape index (κ1) is 13.6. The Morgan fingerprint density at radius 3 is 2.82 bits per heavy atom. The molecular weight excluding hydrogens is 314 g/mol. The summed E-state index contributed by atoms with van der Waals surface area (Å²) in [6, 6.07) is 14.1. The van der Waals surface area contributed by atoms with Crippen LogP contribution in [0.5, 0.6) is 0 Å². The van der Waals surface area contributed by atoms with Crippen molar-refractivity contribution in [3.8, 4) is 0 Å². The van der Waals surface area contributed by atoms with Gasteiger partial charge >= 0.3 is 0 Å². The van der Waals surface area contributed by atoms with Crippen molar-refractivity contribution in [3.05, 3.63) is 59.4 Å². The third-order valence-electron chi connectivity index (χ3n) is 3.55. The van der Waals surface area contributed by atoms with Crippen molar-refractivity contribution in [2.45, 2.75) is 16.8 Å². The van der Waals surface area contributed by atoms with Gasteiger partial charge in [-0.25, -0.2) is 9.97 Å². The molecule has 5 heteroatoms. The standard InChI is InChI=1S/C17H12ClN3S/c1-10-6-7-13-11(8-10)15-16(21-13)17(20-9-19-15)22-14-5-3-2-4-12(14)18/h2-9,21H,1H3. The summed E-state index contributed by atoms with van der Waals surface area (Å²) in [5.41, 5.74) is 4.19. The van der Waals surface area contributed by atoms with Gasteiger partial charge in [0.05, 0.1) is 10.5 Å². The lowest BCUT2D eigenvalue weighted by Gasteiger charge is -2.03. The van der Waals surface area contributed by atoms with Crippen LogP contribution >= 0.6 is 23.4 Å². The van der Waals surface area contributed by atoms with Crippen LogP contribution < -0.4 is 0 Å². The monoisotopic (exact) mass is 325 g/mol. The fourth-order valence-electron chi connectivity index (χ4n) is 2.49. The predicted octanol–water partition coefficient (Wildman–Crippen LogP) is 5.22. The van der Waals surface area contributed by atoms with Gasteiger partial charge in [-0.2, -0.15) is 0 Å². The summed E-state index contributed by atoms with van der Waals surface area (Å²) in [4.78, 5) is 13.3. The number of hydrogen-bond donors (Lipinski definition) is 1. The molecule has 4 aromatic rings. The van der Waals surface area contributed by atoms with Crippen LogP contribution in [0.1, 0.15) is 5.56 Å². The first-order chi connectivity index (χ1) is 10.7. The second kappa shape index (κ2) is 5.30. The van der Waals surface area contributed by atoms with E-state index in [1.54, 1.807) is 18.1 Å². The fraction of sp³-hybridized carbons (Fsp3) is 0.0588. The molecule has 3 nitrogen and oxygen atoms in total. The molecule has 0 saturated carbocycles. The summed E-state index contributed by atoms with van der Waals surface area (Å²) in [5.74, 6) is 0. The molecule has 0 aliphatic rings. The molecule has 1 N–H and O–H groups in total. The normalized spacial score (nSPS) is 11.4. The van der Waals surface area contributed by atoms with E-state index in [4.69, 9.17) is 11.6 Å². The zero-order chi connectivity index (χ0) is 15.1. The van der Waals surface area contributed by atoms with Crippen molar-refractivity contribution < 1.29 is 0 Å². The number of aryl methyl sites for hydroxylation is 1. The Kier molecular flexibility index (Phi) is 3.28. The maximum Gasteiger partial charge on any atom is 0.128 e. The average Bonchev–Trinajstić information content (AvgIpc) is 2.89. The van der Waals surface area contributed by atoms with Gasteiger partial charge in [-0.05, 0) is 31.2 Å². The SMILES string of the molecule is Cc1ccc2[nH]c3c(Sc4ccccc4Cl)ncnc3c2c1. The average molecular weight is 326 g/mol. The number of hydrogen-bond acceptors (Lipinski definition) is 3. The molecule has 0 bridgehead atoms. The highest BCUT2D eigenvalue weighted by atomic mass is 35.5. The molecule has 0 amide bonds. The molecule has 2 aromatic heterocycles. The van der Waals surface area contributed by atoms with Crippen LogP contribution in [0.25, 0.3) is 21.9 Å². The highest BCUT2D eigenvalue weighted by Gasteiger charge is 2.12. The zero-order valence-corrected chi connectivity index (χ0v) is 13.4. The Morgan fingerprint density at radius 2 is 1.95 bits per heavy atom. The molecule has 2 heterocycles. The lowest BCUT2D eigenvalue weighted by atomic mass is 10.2. The quantitative estimate of drug-likeness (QED) is 0.513. The minimum Gasteiger partial charge on any atom is -0.351 e. The number of aromatic amines is 1. The summed E-state index contributed by atoms with van der Waals surface area (Å²) < 4.78 is 0. The third kappa shape index (κ3) is 2.25. The molecule has 0 radical (unpaired) electrons. The fourth-order valence-corrected chi connectivity index (χ4v) is 3.61. The molecule has 0 unspecified atom stereocenters. The van der Waals surface area contributed by atoms with Crippen molar-refractivity contribution in [2.24, 2.45) is 0 Å². The highest BCUT2D eigenvalue weighted by Crippen LogP contribution is 2.36. The van der Waals surface area contributed by atoms with Crippen molar-refractivity contribution in [1.29, 1.82) is 0 Å². The summed E-state index contributed by atoms with van der Waals surface area (Å²) in [6.07, 6.45) is 1.61. The minimum atomic E-state index is 0.728. The van der Waals surface area contributed by atoms with E-state index >= 15 is 0 Å². The molecule has 0 aliphatic heterocycles. The van der Waals surface area contributed by atoms with Crippen molar-refractivity contribution in [2.75, 3.05) is 0 Å². The molecule has 0 fully saturated rings. The Labute approximate surface area is 136 Å². The Balaban J connectivity index is 1.91. The molecule has 0 atom stereocenters. The minimum absolute atomic E-state index is 0.728. The first-order valence-electron chi connectivity index (χ1n) is 6.88. The van der Waals surface area contributed by atoms with Gasteiger partial charge in [0.15, 0.2) is 0 Å². The van der Waals surface area contributed by atoms with E-state index in [1.807, 2.05) is 24.3 Å². The Hall–Kier alpha value is -2.04. The van der Waals surface area contributed by atoms with Crippen molar-refractivity contribution >= 4 is 45.3 Å². The van der Waals surface area contributed by atoms with Gasteiger partial charge in [-0.15, -0.1) is 0 Å². The van der Waals surface area contributed by atoms with Crippen molar-refractivity contribution in [3.63, 3.8) is 0 Å². The van der Waals surface area contributed by atoms with Gasteiger partial charge in [-0.1, -0.05) is 47.1 Å². The van der Waals surface area contributed by atoms with Gasteiger partial charge < -0.3 is 4.98 Å². The lowest BCUT2D eigenvalue weighted by molar-refractivity contribution is 1.09. The lowest BCUT2D eigenvalue weighted by Crippen LogP contribution is -1.85. The van der Waals surface area contributed by atoms with E-state index in [9.17, 15) is 0 Å². The zero-order valence-electron chi connectivity index (χ0n) is 11.8. The summed E-state index contributed by atoms with van der Waals surface area (Å²) in [6.45, 7) is 2.08. The molecule has 22 heavy (non-hydrogen) atoms. The number of nitrogens with one attached hydrogen (secondary N) is 1. The van der Waals surface area contributed by atoms with Crippen LogP contribution in [-0.2, 0) is 0 Å². The van der Waals surface area contributed by atoms with E-state index in [-0.39, 0.29) is 0 Å². The van der Waals surface area contributed by atoms with Gasteiger partial charge in [0, 0.05) is 15.8 Å². The van der Waals surface area contributed by atoms with Gasteiger partial charge in [0.2, 0.25) is 0 Å². The summed E-state index contributed by atoms with van der Waals surface area (Å²) in [7, 11) is 0. The number of halogens is 1. The van der Waals surface area contributed by atoms with E-state index in [0.717, 1.165) is 36.9 Å². The molecule has 108 valence electrons. The number of nitrogens with zero attached hydrogens (tertiary/aromatic N) is 2. The van der Waals surface area contributed by atoms with Crippen LogP contribution in [0.15, 0.2) is 58.7 Å². The maximum absolute atomic E-state index is 6.25. The number of aromatic nitrogens is 3. The molecule has 4 rings (SSSR count). The summed E-state index contributed by atoms with van der Waals surface area (Å²) >= 11 is 7.80.